The highest BCUT2D eigenvalue weighted by atomic mass is 79.9. The van der Waals surface area contributed by atoms with Crippen LogP contribution in [0, 0.1) is 0 Å². The highest BCUT2D eigenvalue weighted by Crippen LogP contribution is 2.20. The highest BCUT2D eigenvalue weighted by Gasteiger charge is 2.03. The van der Waals surface area contributed by atoms with E-state index in [0.717, 1.165) is 23.4 Å². The Labute approximate surface area is 105 Å². The van der Waals surface area contributed by atoms with Crippen molar-refractivity contribution in [3.05, 3.63) is 34.5 Å². The van der Waals surface area contributed by atoms with Crippen molar-refractivity contribution in [1.29, 1.82) is 0 Å². The lowest BCUT2D eigenvalue weighted by molar-refractivity contribution is 0.679. The standard InChI is InChI=1S/C13H17BrN2/c14-12-7-4-8-13(16-12)15-10-9-11-5-2-1-3-6-11/h4-5,7-8H,1-3,6,9-10H2,(H,15,16). The van der Waals surface area contributed by atoms with Gasteiger partial charge < -0.3 is 5.32 Å². The van der Waals surface area contributed by atoms with Crippen LogP contribution in [0.25, 0.3) is 0 Å². The normalized spacial score (nSPS) is 15.7. The molecule has 0 unspecified atom stereocenters. The van der Waals surface area contributed by atoms with Crippen LogP contribution in [0.5, 0.6) is 0 Å². The minimum atomic E-state index is 0.884. The van der Waals surface area contributed by atoms with Crippen molar-refractivity contribution in [2.45, 2.75) is 32.1 Å². The van der Waals surface area contributed by atoms with Crippen LogP contribution < -0.4 is 5.32 Å². The van der Waals surface area contributed by atoms with Crippen LogP contribution in [-0.4, -0.2) is 11.5 Å². The number of nitrogens with one attached hydrogen (secondary N) is 1. The molecule has 1 aromatic heterocycles. The second-order valence-electron chi connectivity index (χ2n) is 4.13. The lowest BCUT2D eigenvalue weighted by atomic mass is 9.97. The number of nitrogens with zero attached hydrogens (tertiary/aromatic N) is 1. The Bertz CT molecular complexity index is 374. The molecule has 0 saturated carbocycles. The Kier molecular flexibility index (Phi) is 4.40. The van der Waals surface area contributed by atoms with Gasteiger partial charge in [-0.15, -0.1) is 0 Å². The fourth-order valence-electron chi connectivity index (χ4n) is 1.99. The van der Waals surface area contributed by atoms with Crippen molar-refractivity contribution in [3.63, 3.8) is 0 Å². The fraction of sp³-hybridized carbons (Fsp3) is 0.462. The topological polar surface area (TPSA) is 24.9 Å². The van der Waals surface area contributed by atoms with E-state index in [-0.39, 0.29) is 0 Å². The van der Waals surface area contributed by atoms with Gasteiger partial charge in [0.15, 0.2) is 0 Å². The molecule has 0 atom stereocenters. The minimum absolute atomic E-state index is 0.884. The molecule has 16 heavy (non-hydrogen) atoms. The van der Waals surface area contributed by atoms with Crippen molar-refractivity contribution in [2.75, 3.05) is 11.9 Å². The van der Waals surface area contributed by atoms with Crippen molar-refractivity contribution in [3.8, 4) is 0 Å². The van der Waals surface area contributed by atoms with E-state index in [1.165, 1.54) is 25.7 Å². The molecule has 0 radical (unpaired) electrons. The monoisotopic (exact) mass is 280 g/mol. The van der Waals surface area contributed by atoms with Gasteiger partial charge in [0.25, 0.3) is 0 Å². The van der Waals surface area contributed by atoms with Crippen LogP contribution in [0.1, 0.15) is 32.1 Å². The highest BCUT2D eigenvalue weighted by molar-refractivity contribution is 9.10. The third-order valence-corrected chi connectivity index (χ3v) is 3.29. The van der Waals surface area contributed by atoms with E-state index < -0.39 is 0 Å². The molecule has 2 nitrogen and oxygen atoms in total. The quantitative estimate of drug-likeness (QED) is 0.662. The van der Waals surface area contributed by atoms with E-state index in [4.69, 9.17) is 0 Å². The van der Waals surface area contributed by atoms with Crippen LogP contribution in [0.2, 0.25) is 0 Å². The predicted molar refractivity (Wildman–Crippen MR) is 71.6 cm³/mol. The van der Waals surface area contributed by atoms with Crippen LogP contribution in [0.15, 0.2) is 34.5 Å². The summed E-state index contributed by atoms with van der Waals surface area (Å²) < 4.78 is 0.884. The molecule has 0 amide bonds. The molecule has 1 heterocycles. The first-order chi connectivity index (χ1) is 7.84. The van der Waals surface area contributed by atoms with Crippen molar-refractivity contribution < 1.29 is 0 Å². The molecule has 3 heteroatoms. The summed E-state index contributed by atoms with van der Waals surface area (Å²) in [5.74, 6) is 0.950. The average molecular weight is 281 g/mol. The van der Waals surface area contributed by atoms with Gasteiger partial charge in [-0.2, -0.15) is 0 Å². The first kappa shape index (κ1) is 11.6. The van der Waals surface area contributed by atoms with E-state index in [1.54, 1.807) is 5.57 Å². The molecule has 0 saturated heterocycles. The maximum Gasteiger partial charge on any atom is 0.127 e. The van der Waals surface area contributed by atoms with Crippen molar-refractivity contribution in [2.24, 2.45) is 0 Å². The Morgan fingerprint density at radius 2 is 2.25 bits per heavy atom. The molecule has 0 aromatic carbocycles. The molecule has 0 spiro atoms. The molecule has 0 bridgehead atoms. The Balaban J connectivity index is 1.77. The molecule has 2 rings (SSSR count). The largest absolute Gasteiger partial charge is 0.370 e. The second-order valence-corrected chi connectivity index (χ2v) is 4.94. The maximum atomic E-state index is 4.34. The molecule has 0 fully saturated rings. The number of allylic oxidation sites excluding steroid dienone is 1. The molecular weight excluding hydrogens is 264 g/mol. The number of rotatable bonds is 4. The first-order valence-electron chi connectivity index (χ1n) is 5.89. The summed E-state index contributed by atoms with van der Waals surface area (Å²) in [5, 5.41) is 3.35. The van der Waals surface area contributed by atoms with E-state index >= 15 is 0 Å². The van der Waals surface area contributed by atoms with Crippen LogP contribution in [0.4, 0.5) is 5.82 Å². The van der Waals surface area contributed by atoms with Gasteiger partial charge in [0.05, 0.1) is 0 Å². The second kappa shape index (κ2) is 6.04. The number of hydrogen-bond acceptors (Lipinski definition) is 2. The van der Waals surface area contributed by atoms with Crippen molar-refractivity contribution >= 4 is 21.7 Å². The summed E-state index contributed by atoms with van der Waals surface area (Å²) in [6.07, 6.45) is 8.83. The third kappa shape index (κ3) is 3.63. The van der Waals surface area contributed by atoms with Gasteiger partial charge in [-0.1, -0.05) is 17.7 Å². The number of aromatic nitrogens is 1. The van der Waals surface area contributed by atoms with E-state index in [0.29, 0.717) is 0 Å². The van der Waals surface area contributed by atoms with E-state index in [1.807, 2.05) is 18.2 Å². The molecule has 1 aliphatic rings. The maximum absolute atomic E-state index is 4.34. The Morgan fingerprint density at radius 3 is 3.00 bits per heavy atom. The molecular formula is C13H17BrN2. The minimum Gasteiger partial charge on any atom is -0.370 e. The van der Waals surface area contributed by atoms with Crippen LogP contribution in [0.3, 0.4) is 0 Å². The summed E-state index contributed by atoms with van der Waals surface area (Å²) in [6, 6.07) is 5.94. The molecule has 1 aliphatic carbocycles. The number of halogens is 1. The van der Waals surface area contributed by atoms with Gasteiger partial charge in [0.2, 0.25) is 0 Å². The molecule has 0 aliphatic heterocycles. The summed E-state index contributed by atoms with van der Waals surface area (Å²) in [4.78, 5) is 4.34. The lowest BCUT2D eigenvalue weighted by Gasteiger charge is -2.13. The lowest BCUT2D eigenvalue weighted by Crippen LogP contribution is -2.05. The smallest absolute Gasteiger partial charge is 0.127 e. The zero-order valence-electron chi connectivity index (χ0n) is 9.38. The van der Waals surface area contributed by atoms with Gasteiger partial charge in [0.1, 0.15) is 10.4 Å². The molecule has 86 valence electrons. The van der Waals surface area contributed by atoms with Gasteiger partial charge in [-0.3, -0.25) is 0 Å². The zero-order valence-corrected chi connectivity index (χ0v) is 11.0. The predicted octanol–water partition coefficient (Wildman–Crippen LogP) is 4.15. The van der Waals surface area contributed by atoms with Crippen LogP contribution in [-0.2, 0) is 0 Å². The molecule has 1 N–H and O–H groups in total. The van der Waals surface area contributed by atoms with Crippen molar-refractivity contribution in [1.82, 2.24) is 4.98 Å². The number of pyridine rings is 1. The summed E-state index contributed by atoms with van der Waals surface area (Å²) in [6.45, 7) is 0.981. The summed E-state index contributed by atoms with van der Waals surface area (Å²) in [5.41, 5.74) is 1.61. The zero-order chi connectivity index (χ0) is 11.2. The fourth-order valence-corrected chi connectivity index (χ4v) is 2.33. The Morgan fingerprint density at radius 1 is 1.31 bits per heavy atom. The van der Waals surface area contributed by atoms with E-state index in [9.17, 15) is 0 Å². The first-order valence-corrected chi connectivity index (χ1v) is 6.68. The van der Waals surface area contributed by atoms with Gasteiger partial charge >= 0.3 is 0 Å². The van der Waals surface area contributed by atoms with Gasteiger partial charge in [0, 0.05) is 6.54 Å². The third-order valence-electron chi connectivity index (χ3n) is 2.85. The molecule has 1 aromatic rings. The average Bonchev–Trinajstić information content (AvgIpc) is 2.30. The summed E-state index contributed by atoms with van der Waals surface area (Å²) >= 11 is 3.37. The van der Waals surface area contributed by atoms with Crippen LogP contribution >= 0.6 is 15.9 Å². The number of anilines is 1. The van der Waals surface area contributed by atoms with Gasteiger partial charge in [-0.05, 0) is 60.2 Å². The van der Waals surface area contributed by atoms with Gasteiger partial charge in [-0.25, -0.2) is 4.98 Å². The van der Waals surface area contributed by atoms with E-state index in [2.05, 4.69) is 32.3 Å². The number of hydrogen-bond donors (Lipinski definition) is 1. The SMILES string of the molecule is Brc1cccc(NCCC2=CCCCC2)n1. The Hall–Kier alpha value is -0.830. The summed E-state index contributed by atoms with van der Waals surface area (Å²) in [7, 11) is 0.